The second-order valence-corrected chi connectivity index (χ2v) is 13.5. The third kappa shape index (κ3) is 36.9. The second-order valence-electron chi connectivity index (χ2n) is 13.5. The van der Waals surface area contributed by atoms with E-state index in [0.29, 0.717) is 25.7 Å². The van der Waals surface area contributed by atoms with Crippen LogP contribution in [0.2, 0.25) is 0 Å². The van der Waals surface area contributed by atoms with Gasteiger partial charge in [-0.25, -0.2) is 0 Å². The van der Waals surface area contributed by atoms with Crippen LogP contribution in [0, 0.1) is 0 Å². The molecule has 284 valence electrons. The molecule has 3 atom stereocenters. The molecule has 0 heterocycles. The number of aliphatic hydroxyl groups excluding tert-OH is 3. The molecule has 7 heteroatoms. The number of ether oxygens (including phenoxy) is 2. The van der Waals surface area contributed by atoms with Gasteiger partial charge in [0.05, 0.1) is 12.2 Å². The summed E-state index contributed by atoms with van der Waals surface area (Å²) in [5.41, 5.74) is 0. The summed E-state index contributed by atoms with van der Waals surface area (Å²) in [6.45, 7) is 4.03. The summed E-state index contributed by atoms with van der Waals surface area (Å²) in [6.07, 6.45) is 39.4. The van der Waals surface area contributed by atoms with Gasteiger partial charge in [0.1, 0.15) is 19.3 Å². The van der Waals surface area contributed by atoms with Crippen molar-refractivity contribution in [1.82, 2.24) is 0 Å². The van der Waals surface area contributed by atoms with Crippen LogP contribution in [0.3, 0.4) is 0 Å². The maximum Gasteiger partial charge on any atom is 0.305 e. The van der Waals surface area contributed by atoms with Gasteiger partial charge in [-0.2, -0.15) is 0 Å². The van der Waals surface area contributed by atoms with Gasteiger partial charge >= 0.3 is 11.9 Å². The van der Waals surface area contributed by atoms with E-state index in [1.807, 2.05) is 6.08 Å². The standard InChI is InChI=1S/C42H74O7/c1-3-5-7-9-11-12-13-14-15-16-17-18-19-20-22-28-34-41(46)48-36-40(45)37-49-42(47)35-29-33-39(44)32-27-24-23-26-31-38(43)30-25-21-10-8-6-4-2/h21,23-27,31-32,38-40,43-45H,3-20,22,28-30,33-37H2,1-2H3/b24-23+,25-21-,31-26+,32-27-/t38-,39-,40-/m1/s1. The Morgan fingerprint density at radius 3 is 1.45 bits per heavy atom. The van der Waals surface area contributed by atoms with Crippen LogP contribution in [-0.4, -0.2) is 58.8 Å². The SMILES string of the molecule is CCCCC/C=C\C[C@@H](O)/C=C/C=C/C=C\[C@@H](O)CCCC(=O)OC[C@H](O)COC(=O)CCCCCCCCCCCCCCCCCC. The van der Waals surface area contributed by atoms with E-state index in [9.17, 15) is 24.9 Å². The molecule has 0 rings (SSSR count). The van der Waals surface area contributed by atoms with Crippen molar-refractivity contribution in [3.63, 3.8) is 0 Å². The summed E-state index contributed by atoms with van der Waals surface area (Å²) in [5, 5.41) is 30.0. The lowest BCUT2D eigenvalue weighted by Crippen LogP contribution is -2.25. The predicted octanol–water partition coefficient (Wildman–Crippen LogP) is 10.2. The summed E-state index contributed by atoms with van der Waals surface area (Å²) in [7, 11) is 0. The molecule has 0 fully saturated rings. The van der Waals surface area contributed by atoms with Gasteiger partial charge in [0.25, 0.3) is 0 Å². The first-order valence-corrected chi connectivity index (χ1v) is 19.9. The molecule has 0 aliphatic heterocycles. The van der Waals surface area contributed by atoms with Gasteiger partial charge in [-0.3, -0.25) is 9.59 Å². The first kappa shape index (κ1) is 46.8. The van der Waals surface area contributed by atoms with Gasteiger partial charge in [0.15, 0.2) is 0 Å². The van der Waals surface area contributed by atoms with Crippen LogP contribution >= 0.6 is 0 Å². The first-order valence-electron chi connectivity index (χ1n) is 19.9. The molecule has 0 radical (unpaired) electrons. The van der Waals surface area contributed by atoms with Crippen LogP contribution < -0.4 is 0 Å². The largest absolute Gasteiger partial charge is 0.463 e. The molecule has 0 aliphatic rings. The van der Waals surface area contributed by atoms with E-state index in [1.165, 1.54) is 103 Å². The van der Waals surface area contributed by atoms with E-state index in [1.54, 1.807) is 36.5 Å². The Morgan fingerprint density at radius 2 is 0.939 bits per heavy atom. The third-order valence-corrected chi connectivity index (χ3v) is 8.51. The molecule has 0 unspecified atom stereocenters. The molecule has 0 bridgehead atoms. The van der Waals surface area contributed by atoms with Gasteiger partial charge in [-0.1, -0.05) is 172 Å². The van der Waals surface area contributed by atoms with Crippen LogP contribution in [0.4, 0.5) is 0 Å². The molecular weight excluding hydrogens is 616 g/mol. The monoisotopic (exact) mass is 691 g/mol. The number of aliphatic hydroxyl groups is 3. The second kappa shape index (κ2) is 37.0. The van der Waals surface area contributed by atoms with Crippen molar-refractivity contribution in [2.45, 2.75) is 193 Å². The molecule has 49 heavy (non-hydrogen) atoms. The number of allylic oxidation sites excluding steroid dienone is 5. The topological polar surface area (TPSA) is 113 Å². The van der Waals surface area contributed by atoms with Crippen LogP contribution in [0.1, 0.15) is 174 Å². The van der Waals surface area contributed by atoms with Crippen molar-refractivity contribution in [2.75, 3.05) is 13.2 Å². The van der Waals surface area contributed by atoms with Crippen LogP contribution in [0.15, 0.2) is 48.6 Å². The highest BCUT2D eigenvalue weighted by Crippen LogP contribution is 2.14. The van der Waals surface area contributed by atoms with Gasteiger partial charge in [-0.05, 0) is 38.5 Å². The number of esters is 2. The van der Waals surface area contributed by atoms with E-state index in [0.717, 1.165) is 25.7 Å². The third-order valence-electron chi connectivity index (χ3n) is 8.51. The zero-order valence-corrected chi connectivity index (χ0v) is 31.4. The lowest BCUT2D eigenvalue weighted by atomic mass is 10.0. The molecule has 0 aromatic rings. The Hall–Kier alpha value is -2.22. The molecule has 0 amide bonds. The number of rotatable bonds is 35. The lowest BCUT2D eigenvalue weighted by Gasteiger charge is -2.12. The first-order chi connectivity index (χ1) is 23.9. The van der Waals surface area contributed by atoms with E-state index in [2.05, 4.69) is 19.9 Å². The predicted molar refractivity (Wildman–Crippen MR) is 203 cm³/mol. The van der Waals surface area contributed by atoms with Crippen molar-refractivity contribution >= 4 is 11.9 Å². The molecule has 0 aromatic heterocycles. The molecule has 7 nitrogen and oxygen atoms in total. The number of carbonyl (C=O) groups excluding carboxylic acids is 2. The van der Waals surface area contributed by atoms with Gasteiger partial charge < -0.3 is 24.8 Å². The van der Waals surface area contributed by atoms with Crippen molar-refractivity contribution in [3.8, 4) is 0 Å². The van der Waals surface area contributed by atoms with Crippen LogP contribution in [-0.2, 0) is 19.1 Å². The normalized spacial score (nSPS) is 14.0. The van der Waals surface area contributed by atoms with Crippen molar-refractivity contribution in [3.05, 3.63) is 48.6 Å². The number of hydrogen-bond donors (Lipinski definition) is 3. The fourth-order valence-corrected chi connectivity index (χ4v) is 5.40. The smallest absolute Gasteiger partial charge is 0.305 e. The fraction of sp³-hybridized carbons (Fsp3) is 0.762. The molecule has 0 spiro atoms. The minimum Gasteiger partial charge on any atom is -0.463 e. The van der Waals surface area contributed by atoms with Crippen molar-refractivity contribution in [2.24, 2.45) is 0 Å². The van der Waals surface area contributed by atoms with Crippen LogP contribution in [0.5, 0.6) is 0 Å². The Bertz CT molecular complexity index is 863. The highest BCUT2D eigenvalue weighted by atomic mass is 16.6. The summed E-state index contributed by atoms with van der Waals surface area (Å²) in [4.78, 5) is 23.9. The quantitative estimate of drug-likeness (QED) is 0.0262. The molecule has 0 saturated carbocycles. The Kier molecular flexibility index (Phi) is 35.4. The summed E-state index contributed by atoms with van der Waals surface area (Å²) in [6, 6.07) is 0. The van der Waals surface area contributed by atoms with Crippen molar-refractivity contribution in [1.29, 1.82) is 0 Å². The molecular formula is C42H74O7. The number of carbonyl (C=O) groups is 2. The van der Waals surface area contributed by atoms with Crippen molar-refractivity contribution < 1.29 is 34.4 Å². The summed E-state index contributed by atoms with van der Waals surface area (Å²) in [5.74, 6) is -0.795. The highest BCUT2D eigenvalue weighted by molar-refractivity contribution is 5.69. The van der Waals surface area contributed by atoms with E-state index in [-0.39, 0.29) is 25.6 Å². The Balaban J connectivity index is 3.68. The zero-order valence-electron chi connectivity index (χ0n) is 31.4. The maximum atomic E-state index is 12.0. The Morgan fingerprint density at radius 1 is 0.510 bits per heavy atom. The molecule has 0 saturated heterocycles. The fourth-order valence-electron chi connectivity index (χ4n) is 5.40. The molecule has 0 aliphatic carbocycles. The zero-order chi connectivity index (χ0) is 36.0. The highest BCUT2D eigenvalue weighted by Gasteiger charge is 2.12. The lowest BCUT2D eigenvalue weighted by molar-refractivity contribution is -0.152. The summed E-state index contributed by atoms with van der Waals surface area (Å²) < 4.78 is 10.2. The van der Waals surface area contributed by atoms with Gasteiger partial charge in [0.2, 0.25) is 0 Å². The van der Waals surface area contributed by atoms with Crippen LogP contribution in [0.25, 0.3) is 0 Å². The number of unbranched alkanes of at least 4 members (excludes halogenated alkanes) is 18. The minimum absolute atomic E-state index is 0.125. The number of hydrogen-bond acceptors (Lipinski definition) is 7. The maximum absolute atomic E-state index is 12.0. The Labute approximate surface area is 300 Å². The van der Waals surface area contributed by atoms with E-state index >= 15 is 0 Å². The van der Waals surface area contributed by atoms with E-state index in [4.69, 9.17) is 9.47 Å². The molecule has 0 aromatic carbocycles. The summed E-state index contributed by atoms with van der Waals surface area (Å²) >= 11 is 0. The average Bonchev–Trinajstić information content (AvgIpc) is 3.09. The van der Waals surface area contributed by atoms with E-state index < -0.39 is 24.3 Å². The minimum atomic E-state index is -1.05. The molecule has 3 N–H and O–H groups in total. The average molecular weight is 691 g/mol. The van der Waals surface area contributed by atoms with Gasteiger partial charge in [0, 0.05) is 12.8 Å². The van der Waals surface area contributed by atoms with Gasteiger partial charge in [-0.15, -0.1) is 0 Å².